The molecule has 6 nitrogen and oxygen atoms in total. The Labute approximate surface area is 167 Å². The molecule has 5 rings (SSSR count). The fourth-order valence-corrected chi connectivity index (χ4v) is 6.01. The van der Waals surface area contributed by atoms with E-state index in [0.29, 0.717) is 12.2 Å². The van der Waals surface area contributed by atoms with Crippen LogP contribution in [0, 0.1) is 10.1 Å². The van der Waals surface area contributed by atoms with E-state index in [4.69, 9.17) is 0 Å². The molecule has 7 heteroatoms. The molecule has 0 aliphatic carbocycles. The number of anilines is 1. The van der Waals surface area contributed by atoms with Crippen LogP contribution in [0.2, 0.25) is 0 Å². The van der Waals surface area contributed by atoms with Gasteiger partial charge in [-0.05, 0) is 42.9 Å². The first-order chi connectivity index (χ1) is 13.6. The molecule has 0 unspecified atom stereocenters. The number of nitro groups is 1. The largest absolute Gasteiger partial charge is 0.324 e. The lowest BCUT2D eigenvalue weighted by Gasteiger charge is -2.32. The van der Waals surface area contributed by atoms with Gasteiger partial charge in [0.05, 0.1) is 5.92 Å². The van der Waals surface area contributed by atoms with E-state index < -0.39 is 11.6 Å². The predicted molar refractivity (Wildman–Crippen MR) is 108 cm³/mol. The molecule has 3 aliphatic heterocycles. The minimum atomic E-state index is -1.23. The number of amides is 1. The summed E-state index contributed by atoms with van der Waals surface area (Å²) in [6.07, 6.45) is 3.83. The molecule has 0 radical (unpaired) electrons. The van der Waals surface area contributed by atoms with Crippen LogP contribution in [0.15, 0.2) is 53.4 Å². The van der Waals surface area contributed by atoms with E-state index in [0.717, 1.165) is 28.9 Å². The van der Waals surface area contributed by atoms with Crippen molar-refractivity contribution >= 4 is 23.4 Å². The maximum atomic E-state index is 13.3. The summed E-state index contributed by atoms with van der Waals surface area (Å²) in [5.74, 6) is -0.573. The molecule has 2 fully saturated rings. The summed E-state index contributed by atoms with van der Waals surface area (Å²) >= 11 is 1.65. The molecular weight excluding hydrogens is 374 g/mol. The van der Waals surface area contributed by atoms with Crippen LogP contribution >= 0.6 is 11.8 Å². The summed E-state index contributed by atoms with van der Waals surface area (Å²) in [7, 11) is 0. The van der Waals surface area contributed by atoms with Gasteiger partial charge in [-0.1, -0.05) is 30.3 Å². The first kappa shape index (κ1) is 17.7. The lowest BCUT2D eigenvalue weighted by molar-refractivity contribution is -0.534. The summed E-state index contributed by atoms with van der Waals surface area (Å²) < 4.78 is 0. The van der Waals surface area contributed by atoms with Crippen molar-refractivity contribution in [3.63, 3.8) is 0 Å². The average molecular weight is 395 g/mol. The van der Waals surface area contributed by atoms with Crippen molar-refractivity contribution in [1.29, 1.82) is 0 Å². The second-order valence-corrected chi connectivity index (χ2v) is 8.58. The summed E-state index contributed by atoms with van der Waals surface area (Å²) in [5.41, 5.74) is 1.16. The Balaban J connectivity index is 1.72. The first-order valence-corrected chi connectivity index (χ1v) is 10.8. The van der Waals surface area contributed by atoms with Gasteiger partial charge in [0.2, 0.25) is 0 Å². The van der Waals surface area contributed by atoms with Crippen molar-refractivity contribution in [2.75, 3.05) is 18.1 Å². The van der Waals surface area contributed by atoms with E-state index in [9.17, 15) is 14.9 Å². The molecule has 1 spiro atoms. The molecule has 1 amide bonds. The Morgan fingerprint density at radius 3 is 2.68 bits per heavy atom. The molecule has 2 aromatic carbocycles. The number of benzene rings is 2. The van der Waals surface area contributed by atoms with Crippen LogP contribution in [0.3, 0.4) is 0 Å². The predicted octanol–water partition coefficient (Wildman–Crippen LogP) is 3.46. The highest BCUT2D eigenvalue weighted by atomic mass is 32.2. The van der Waals surface area contributed by atoms with Gasteiger partial charge in [0.15, 0.2) is 5.54 Å². The van der Waals surface area contributed by atoms with Gasteiger partial charge in [0.25, 0.3) is 11.9 Å². The quantitative estimate of drug-likeness (QED) is 0.489. The molecule has 0 saturated carbocycles. The molecule has 3 heterocycles. The number of para-hydroxylation sites is 1. The maximum Gasteiger partial charge on any atom is 0.256 e. The highest BCUT2D eigenvalue weighted by Crippen LogP contribution is 2.57. The van der Waals surface area contributed by atoms with E-state index in [-0.39, 0.29) is 22.8 Å². The highest BCUT2D eigenvalue weighted by molar-refractivity contribution is 7.98. The zero-order valence-corrected chi connectivity index (χ0v) is 16.3. The van der Waals surface area contributed by atoms with Crippen LogP contribution < -0.4 is 5.32 Å². The average Bonchev–Trinajstić information content (AvgIpc) is 3.35. The molecule has 144 valence electrons. The third-order valence-electron chi connectivity index (χ3n) is 6.59. The van der Waals surface area contributed by atoms with Gasteiger partial charge in [-0.3, -0.25) is 19.8 Å². The van der Waals surface area contributed by atoms with E-state index in [1.165, 1.54) is 0 Å². The molecule has 28 heavy (non-hydrogen) atoms. The van der Waals surface area contributed by atoms with Crippen LogP contribution in [0.4, 0.5) is 5.69 Å². The number of hydrogen-bond donors (Lipinski definition) is 1. The van der Waals surface area contributed by atoms with Crippen molar-refractivity contribution in [2.24, 2.45) is 0 Å². The number of rotatable bonds is 3. The SMILES string of the molecule is CSc1ccc([C@H]2[C@H]([N+](=O)[O-])[C@]3(C(=O)Nc4ccccc43)N3CCC[C@@H]23)cc1. The minimum Gasteiger partial charge on any atom is -0.324 e. The fourth-order valence-electron chi connectivity index (χ4n) is 5.60. The zero-order valence-electron chi connectivity index (χ0n) is 15.5. The number of thioether (sulfide) groups is 1. The Hall–Kier alpha value is -2.38. The number of nitrogens with zero attached hydrogens (tertiary/aromatic N) is 2. The number of carbonyl (C=O) groups is 1. The Bertz CT molecular complexity index is 964. The second kappa shape index (κ2) is 6.32. The van der Waals surface area contributed by atoms with E-state index >= 15 is 0 Å². The maximum absolute atomic E-state index is 13.3. The van der Waals surface area contributed by atoms with E-state index in [2.05, 4.69) is 10.2 Å². The molecule has 4 atom stereocenters. The van der Waals surface area contributed by atoms with E-state index in [1.54, 1.807) is 11.8 Å². The van der Waals surface area contributed by atoms with Crippen LogP contribution in [-0.4, -0.2) is 40.6 Å². The third-order valence-corrected chi connectivity index (χ3v) is 7.34. The smallest absolute Gasteiger partial charge is 0.256 e. The molecule has 0 bridgehead atoms. The Kier molecular flexibility index (Phi) is 4.00. The third kappa shape index (κ3) is 2.17. The first-order valence-electron chi connectivity index (χ1n) is 9.54. The van der Waals surface area contributed by atoms with Gasteiger partial charge in [-0.15, -0.1) is 11.8 Å². The molecule has 2 saturated heterocycles. The van der Waals surface area contributed by atoms with Crippen molar-refractivity contribution in [3.8, 4) is 0 Å². The van der Waals surface area contributed by atoms with Crippen LogP contribution in [-0.2, 0) is 10.3 Å². The molecule has 0 aromatic heterocycles. The summed E-state index contributed by atoms with van der Waals surface area (Å²) in [6.45, 7) is 0.705. The van der Waals surface area contributed by atoms with Gasteiger partial charge in [0.1, 0.15) is 0 Å². The van der Waals surface area contributed by atoms with Gasteiger partial charge in [-0.25, -0.2) is 0 Å². The normalized spacial score (nSPS) is 31.0. The lowest BCUT2D eigenvalue weighted by Crippen LogP contribution is -2.55. The number of nitrogens with one attached hydrogen (secondary N) is 1. The molecule has 2 aromatic rings. The lowest BCUT2D eigenvalue weighted by atomic mass is 9.77. The highest BCUT2D eigenvalue weighted by Gasteiger charge is 2.73. The Morgan fingerprint density at radius 2 is 1.96 bits per heavy atom. The van der Waals surface area contributed by atoms with Crippen LogP contribution in [0.1, 0.15) is 29.9 Å². The van der Waals surface area contributed by atoms with Crippen molar-refractivity contribution in [3.05, 3.63) is 69.8 Å². The van der Waals surface area contributed by atoms with Gasteiger partial charge in [0, 0.05) is 33.7 Å². The summed E-state index contributed by atoms with van der Waals surface area (Å²) in [4.78, 5) is 28.8. The molecule has 3 aliphatic rings. The van der Waals surface area contributed by atoms with Gasteiger partial charge >= 0.3 is 0 Å². The fraction of sp³-hybridized carbons (Fsp3) is 0.381. The molecule has 1 N–H and O–H groups in total. The number of carbonyl (C=O) groups excluding carboxylic acids is 1. The Morgan fingerprint density at radius 1 is 1.21 bits per heavy atom. The van der Waals surface area contributed by atoms with Gasteiger partial charge < -0.3 is 5.32 Å². The minimum absolute atomic E-state index is 0.00700. The number of hydrogen-bond acceptors (Lipinski definition) is 5. The van der Waals surface area contributed by atoms with Crippen LogP contribution in [0.5, 0.6) is 0 Å². The van der Waals surface area contributed by atoms with Crippen LogP contribution in [0.25, 0.3) is 0 Å². The topological polar surface area (TPSA) is 75.5 Å². The van der Waals surface area contributed by atoms with E-state index in [1.807, 2.05) is 54.8 Å². The van der Waals surface area contributed by atoms with Gasteiger partial charge in [-0.2, -0.15) is 0 Å². The zero-order chi connectivity index (χ0) is 19.5. The standard InChI is InChI=1S/C21H21N3O3S/c1-28-14-10-8-13(9-11-14)18-17-7-4-12-23(17)21(19(18)24(26)27)15-5-2-3-6-16(15)22-20(21)25/h2-3,5-6,8-11,17-19H,4,7,12H2,1H3,(H,22,25)/t17-,18+,19-,21+/m0/s1. The number of fused-ring (bicyclic) bond motifs is 4. The van der Waals surface area contributed by atoms with Crippen molar-refractivity contribution in [2.45, 2.75) is 41.3 Å². The summed E-state index contributed by atoms with van der Waals surface area (Å²) in [5, 5.41) is 15.4. The second-order valence-electron chi connectivity index (χ2n) is 7.70. The van der Waals surface area contributed by atoms with Crippen molar-refractivity contribution < 1.29 is 9.72 Å². The monoisotopic (exact) mass is 395 g/mol. The molecular formula is C21H21N3O3S. The summed E-state index contributed by atoms with van der Waals surface area (Å²) in [6, 6.07) is 14.5. The van der Waals surface area contributed by atoms with Crippen molar-refractivity contribution in [1.82, 2.24) is 4.90 Å².